The standard InChI is InChI=1S/C12H22O2S/c1-10(2)15(13,14)9-11(3)7-8-12(4,5)6/h10-11H,9H2,1-6H3. The second kappa shape index (κ2) is 5.03. The topological polar surface area (TPSA) is 34.1 Å². The first kappa shape index (κ1) is 14.5. The van der Waals surface area contributed by atoms with E-state index >= 15 is 0 Å². The van der Waals surface area contributed by atoms with E-state index in [-0.39, 0.29) is 22.3 Å². The van der Waals surface area contributed by atoms with Crippen molar-refractivity contribution in [2.24, 2.45) is 11.3 Å². The maximum atomic E-state index is 11.6. The normalized spacial score (nSPS) is 14.6. The van der Waals surface area contributed by atoms with Crippen molar-refractivity contribution in [1.29, 1.82) is 0 Å². The van der Waals surface area contributed by atoms with Gasteiger partial charge in [0.25, 0.3) is 0 Å². The van der Waals surface area contributed by atoms with E-state index in [9.17, 15) is 8.42 Å². The monoisotopic (exact) mass is 230 g/mol. The van der Waals surface area contributed by atoms with E-state index < -0.39 is 9.84 Å². The fourth-order valence-electron chi connectivity index (χ4n) is 0.922. The van der Waals surface area contributed by atoms with Gasteiger partial charge in [0, 0.05) is 11.3 Å². The average molecular weight is 230 g/mol. The molecule has 0 bridgehead atoms. The van der Waals surface area contributed by atoms with Crippen LogP contribution < -0.4 is 0 Å². The van der Waals surface area contributed by atoms with Gasteiger partial charge in [0.05, 0.1) is 11.0 Å². The van der Waals surface area contributed by atoms with Crippen molar-refractivity contribution in [2.45, 2.75) is 46.8 Å². The third-order valence-corrected chi connectivity index (χ3v) is 4.30. The molecule has 0 aromatic heterocycles. The number of hydrogen-bond acceptors (Lipinski definition) is 2. The highest BCUT2D eigenvalue weighted by atomic mass is 32.2. The summed E-state index contributed by atoms with van der Waals surface area (Å²) >= 11 is 0. The highest BCUT2D eigenvalue weighted by Crippen LogP contribution is 2.12. The fraction of sp³-hybridized carbons (Fsp3) is 0.833. The Labute approximate surface area is 94.4 Å². The fourth-order valence-corrected chi connectivity index (χ4v) is 2.09. The maximum Gasteiger partial charge on any atom is 0.153 e. The first-order valence-electron chi connectivity index (χ1n) is 5.29. The molecule has 0 rings (SSSR count). The SMILES string of the molecule is CC(C#CC(C)(C)C)CS(=O)(=O)C(C)C. The quantitative estimate of drug-likeness (QED) is 0.698. The largest absolute Gasteiger partial charge is 0.229 e. The van der Waals surface area contributed by atoms with E-state index in [0.29, 0.717) is 0 Å². The van der Waals surface area contributed by atoms with E-state index in [0.717, 1.165) is 0 Å². The van der Waals surface area contributed by atoms with Gasteiger partial charge in [-0.2, -0.15) is 0 Å². The van der Waals surface area contributed by atoms with Gasteiger partial charge >= 0.3 is 0 Å². The summed E-state index contributed by atoms with van der Waals surface area (Å²) in [6.45, 7) is 11.3. The molecule has 0 aliphatic heterocycles. The molecule has 0 aliphatic carbocycles. The van der Waals surface area contributed by atoms with Crippen LogP contribution in [0.3, 0.4) is 0 Å². The zero-order chi connectivity index (χ0) is 12.3. The number of sulfone groups is 1. The van der Waals surface area contributed by atoms with Crippen LogP contribution >= 0.6 is 0 Å². The highest BCUT2D eigenvalue weighted by Gasteiger charge is 2.18. The summed E-state index contributed by atoms with van der Waals surface area (Å²) < 4.78 is 23.2. The summed E-state index contributed by atoms with van der Waals surface area (Å²) in [5, 5.41) is -0.309. The predicted octanol–water partition coefficient (Wildman–Crippen LogP) is 2.50. The minimum absolute atomic E-state index is 0.0597. The first-order chi connectivity index (χ1) is 6.54. The smallest absolute Gasteiger partial charge is 0.153 e. The van der Waals surface area contributed by atoms with E-state index in [2.05, 4.69) is 11.8 Å². The van der Waals surface area contributed by atoms with Crippen molar-refractivity contribution >= 4 is 9.84 Å². The Morgan fingerprint density at radius 2 is 1.60 bits per heavy atom. The lowest BCUT2D eigenvalue weighted by atomic mass is 9.97. The number of rotatable bonds is 3. The molecule has 0 amide bonds. The Morgan fingerprint density at radius 3 is 1.93 bits per heavy atom. The molecule has 0 fully saturated rings. The van der Waals surface area contributed by atoms with Crippen molar-refractivity contribution in [2.75, 3.05) is 5.75 Å². The van der Waals surface area contributed by atoms with Gasteiger partial charge in [-0.25, -0.2) is 8.42 Å². The molecule has 0 saturated heterocycles. The summed E-state index contributed by atoms with van der Waals surface area (Å²) in [4.78, 5) is 0. The van der Waals surface area contributed by atoms with Gasteiger partial charge in [0.15, 0.2) is 9.84 Å². The summed E-state index contributed by atoms with van der Waals surface area (Å²) in [5.74, 6) is 6.15. The van der Waals surface area contributed by atoms with Crippen LogP contribution in [0.5, 0.6) is 0 Å². The molecule has 1 atom stereocenters. The molecule has 2 nitrogen and oxygen atoms in total. The van der Waals surface area contributed by atoms with Crippen molar-refractivity contribution in [1.82, 2.24) is 0 Å². The molecular formula is C12H22O2S. The molecule has 3 heteroatoms. The van der Waals surface area contributed by atoms with Gasteiger partial charge in [0.2, 0.25) is 0 Å². The molecule has 0 spiro atoms. The van der Waals surface area contributed by atoms with E-state index in [1.165, 1.54) is 0 Å². The highest BCUT2D eigenvalue weighted by molar-refractivity contribution is 7.91. The number of hydrogen-bond donors (Lipinski definition) is 0. The van der Waals surface area contributed by atoms with Crippen molar-refractivity contribution < 1.29 is 8.42 Å². The Bertz CT molecular complexity index is 347. The Morgan fingerprint density at radius 1 is 1.13 bits per heavy atom. The van der Waals surface area contributed by atoms with Crippen molar-refractivity contribution in [3.63, 3.8) is 0 Å². The van der Waals surface area contributed by atoms with Crippen LogP contribution in [0.15, 0.2) is 0 Å². The second-order valence-electron chi connectivity index (χ2n) is 5.30. The van der Waals surface area contributed by atoms with Crippen LogP contribution in [0.25, 0.3) is 0 Å². The molecule has 0 aromatic carbocycles. The maximum absolute atomic E-state index is 11.6. The average Bonchev–Trinajstić information content (AvgIpc) is 1.98. The predicted molar refractivity (Wildman–Crippen MR) is 65.3 cm³/mol. The zero-order valence-electron chi connectivity index (χ0n) is 10.6. The minimum atomic E-state index is -2.97. The van der Waals surface area contributed by atoms with Crippen LogP contribution in [0, 0.1) is 23.2 Å². The molecule has 0 N–H and O–H groups in total. The molecule has 88 valence electrons. The van der Waals surface area contributed by atoms with Gasteiger partial charge in [-0.15, -0.1) is 0 Å². The van der Waals surface area contributed by atoms with E-state index in [1.54, 1.807) is 13.8 Å². The van der Waals surface area contributed by atoms with Gasteiger partial charge in [-0.3, -0.25) is 0 Å². The lowest BCUT2D eigenvalue weighted by molar-refractivity contribution is 0.566. The van der Waals surface area contributed by atoms with Crippen LogP contribution in [-0.4, -0.2) is 19.4 Å². The molecule has 0 aromatic rings. The van der Waals surface area contributed by atoms with Crippen LogP contribution in [-0.2, 0) is 9.84 Å². The lowest BCUT2D eigenvalue weighted by Crippen LogP contribution is -2.21. The van der Waals surface area contributed by atoms with E-state index in [1.807, 2.05) is 27.7 Å². The molecule has 0 radical (unpaired) electrons. The van der Waals surface area contributed by atoms with Gasteiger partial charge < -0.3 is 0 Å². The van der Waals surface area contributed by atoms with Gasteiger partial charge in [-0.1, -0.05) is 18.8 Å². The summed E-state index contributed by atoms with van der Waals surface area (Å²) in [7, 11) is -2.97. The third-order valence-electron chi connectivity index (χ3n) is 1.89. The summed E-state index contributed by atoms with van der Waals surface area (Å²) in [6.07, 6.45) is 0. The Kier molecular flexibility index (Phi) is 4.86. The van der Waals surface area contributed by atoms with Crippen molar-refractivity contribution in [3.8, 4) is 11.8 Å². The molecule has 0 saturated carbocycles. The van der Waals surface area contributed by atoms with Gasteiger partial charge in [0.1, 0.15) is 0 Å². The molecule has 15 heavy (non-hydrogen) atoms. The molecule has 1 unspecified atom stereocenters. The molecule has 0 heterocycles. The van der Waals surface area contributed by atoms with Crippen LogP contribution in [0.2, 0.25) is 0 Å². The lowest BCUT2D eigenvalue weighted by Gasteiger charge is -2.11. The molecular weight excluding hydrogens is 208 g/mol. The first-order valence-corrected chi connectivity index (χ1v) is 7.00. The Balaban J connectivity index is 4.52. The van der Waals surface area contributed by atoms with Crippen molar-refractivity contribution in [3.05, 3.63) is 0 Å². The summed E-state index contributed by atoms with van der Waals surface area (Å²) in [5.41, 5.74) is -0.0597. The third kappa shape index (κ3) is 6.57. The van der Waals surface area contributed by atoms with Crippen LogP contribution in [0.4, 0.5) is 0 Å². The zero-order valence-corrected chi connectivity index (χ0v) is 11.4. The summed E-state index contributed by atoms with van der Waals surface area (Å²) in [6, 6.07) is 0. The van der Waals surface area contributed by atoms with Crippen LogP contribution in [0.1, 0.15) is 41.5 Å². The van der Waals surface area contributed by atoms with Gasteiger partial charge in [-0.05, 0) is 34.6 Å². The minimum Gasteiger partial charge on any atom is -0.229 e. The Hall–Kier alpha value is -0.490. The molecule has 0 aliphatic rings. The second-order valence-corrected chi connectivity index (χ2v) is 7.90. The van der Waals surface area contributed by atoms with E-state index in [4.69, 9.17) is 0 Å².